The SMILES string of the molecule is COc1cccc(-n2ncc(NCCCN)c2C2CCC2)c1. The number of methoxy groups -OCH3 is 1. The number of aromatic nitrogens is 2. The van der Waals surface area contributed by atoms with Gasteiger partial charge in [0.05, 0.1) is 30.4 Å². The second kappa shape index (κ2) is 6.83. The van der Waals surface area contributed by atoms with E-state index in [0.717, 1.165) is 30.1 Å². The van der Waals surface area contributed by atoms with E-state index in [-0.39, 0.29) is 0 Å². The molecule has 0 atom stereocenters. The Kier molecular flexibility index (Phi) is 4.63. The number of hydrogen-bond acceptors (Lipinski definition) is 4. The zero-order valence-corrected chi connectivity index (χ0v) is 13.1. The quantitative estimate of drug-likeness (QED) is 0.772. The standard InChI is InChI=1S/C17H24N4O/c1-22-15-8-3-7-14(11-15)21-17(13-5-2-6-13)16(12-20-21)19-10-4-9-18/h3,7-8,11-13,19H,2,4-6,9-10,18H2,1H3. The molecule has 2 aromatic rings. The van der Waals surface area contributed by atoms with Crippen LogP contribution in [-0.2, 0) is 0 Å². The van der Waals surface area contributed by atoms with E-state index in [1.165, 1.54) is 25.0 Å². The highest BCUT2D eigenvalue weighted by Gasteiger charge is 2.27. The second-order valence-electron chi connectivity index (χ2n) is 5.75. The molecule has 3 rings (SSSR count). The van der Waals surface area contributed by atoms with Gasteiger partial charge in [0.25, 0.3) is 0 Å². The number of hydrogen-bond donors (Lipinski definition) is 2. The maximum Gasteiger partial charge on any atom is 0.121 e. The third-order valence-corrected chi connectivity index (χ3v) is 4.29. The normalized spacial score (nSPS) is 14.6. The molecule has 118 valence electrons. The van der Waals surface area contributed by atoms with Crippen LogP contribution in [0.25, 0.3) is 5.69 Å². The molecule has 1 fully saturated rings. The number of anilines is 1. The first-order chi connectivity index (χ1) is 10.8. The summed E-state index contributed by atoms with van der Waals surface area (Å²) in [5, 5.41) is 8.10. The zero-order chi connectivity index (χ0) is 15.4. The highest BCUT2D eigenvalue weighted by molar-refractivity contribution is 5.53. The average Bonchev–Trinajstić information content (AvgIpc) is 2.90. The molecule has 0 spiro atoms. The lowest BCUT2D eigenvalue weighted by molar-refractivity contribution is 0.402. The molecule has 1 aromatic heterocycles. The van der Waals surface area contributed by atoms with Crippen LogP contribution in [0.2, 0.25) is 0 Å². The van der Waals surface area contributed by atoms with E-state index in [9.17, 15) is 0 Å². The molecular formula is C17H24N4O. The Labute approximate surface area is 131 Å². The summed E-state index contributed by atoms with van der Waals surface area (Å²) in [5.41, 5.74) is 9.06. The van der Waals surface area contributed by atoms with Crippen LogP contribution in [0.3, 0.4) is 0 Å². The second-order valence-corrected chi connectivity index (χ2v) is 5.75. The molecule has 1 aromatic carbocycles. The minimum atomic E-state index is 0.592. The molecule has 0 saturated heterocycles. The minimum absolute atomic E-state index is 0.592. The van der Waals surface area contributed by atoms with Gasteiger partial charge in [0.2, 0.25) is 0 Å². The van der Waals surface area contributed by atoms with E-state index in [1.807, 2.05) is 24.4 Å². The average molecular weight is 300 g/mol. The number of ether oxygens (including phenoxy) is 1. The first kappa shape index (κ1) is 14.9. The van der Waals surface area contributed by atoms with Gasteiger partial charge in [0.15, 0.2) is 0 Å². The maximum absolute atomic E-state index is 5.58. The van der Waals surface area contributed by atoms with Gasteiger partial charge in [-0.15, -0.1) is 0 Å². The monoisotopic (exact) mass is 300 g/mol. The molecular weight excluding hydrogens is 276 g/mol. The van der Waals surface area contributed by atoms with Crippen LogP contribution in [0.4, 0.5) is 5.69 Å². The minimum Gasteiger partial charge on any atom is -0.497 e. The third-order valence-electron chi connectivity index (χ3n) is 4.29. The van der Waals surface area contributed by atoms with Gasteiger partial charge in [-0.05, 0) is 37.9 Å². The summed E-state index contributed by atoms with van der Waals surface area (Å²) in [4.78, 5) is 0. The Hall–Kier alpha value is -2.01. The summed E-state index contributed by atoms with van der Waals surface area (Å²) in [7, 11) is 1.69. The molecule has 0 radical (unpaired) electrons. The Bertz CT molecular complexity index is 619. The lowest BCUT2D eigenvalue weighted by Gasteiger charge is -2.27. The van der Waals surface area contributed by atoms with E-state index in [0.29, 0.717) is 12.5 Å². The predicted octanol–water partition coefficient (Wildman–Crippen LogP) is 2.91. The summed E-state index contributed by atoms with van der Waals surface area (Å²) in [5.74, 6) is 1.44. The van der Waals surface area contributed by atoms with E-state index in [2.05, 4.69) is 21.2 Å². The van der Waals surface area contributed by atoms with Crippen molar-refractivity contribution in [1.29, 1.82) is 0 Å². The van der Waals surface area contributed by atoms with Crippen molar-refractivity contribution in [1.82, 2.24) is 9.78 Å². The first-order valence-electron chi connectivity index (χ1n) is 7.99. The molecule has 1 saturated carbocycles. The van der Waals surface area contributed by atoms with Gasteiger partial charge in [-0.25, -0.2) is 4.68 Å². The highest BCUT2D eigenvalue weighted by Crippen LogP contribution is 2.41. The van der Waals surface area contributed by atoms with Crippen molar-refractivity contribution < 1.29 is 4.74 Å². The lowest BCUT2D eigenvalue weighted by Crippen LogP contribution is -2.17. The Morgan fingerprint density at radius 3 is 2.95 bits per heavy atom. The van der Waals surface area contributed by atoms with Crippen molar-refractivity contribution in [2.45, 2.75) is 31.6 Å². The van der Waals surface area contributed by atoms with E-state index in [1.54, 1.807) is 7.11 Å². The fourth-order valence-corrected chi connectivity index (χ4v) is 2.84. The van der Waals surface area contributed by atoms with Crippen LogP contribution in [0.1, 0.15) is 37.3 Å². The molecule has 0 unspecified atom stereocenters. The van der Waals surface area contributed by atoms with Gasteiger partial charge in [0, 0.05) is 18.5 Å². The zero-order valence-electron chi connectivity index (χ0n) is 13.1. The molecule has 0 aliphatic heterocycles. The summed E-state index contributed by atoms with van der Waals surface area (Å²) >= 11 is 0. The van der Waals surface area contributed by atoms with Crippen LogP contribution < -0.4 is 15.8 Å². The van der Waals surface area contributed by atoms with E-state index >= 15 is 0 Å². The van der Waals surface area contributed by atoms with Gasteiger partial charge >= 0.3 is 0 Å². The fraction of sp³-hybridized carbons (Fsp3) is 0.471. The summed E-state index contributed by atoms with van der Waals surface area (Å²) in [6.45, 7) is 1.59. The van der Waals surface area contributed by atoms with Gasteiger partial charge in [0.1, 0.15) is 5.75 Å². The number of benzene rings is 1. The van der Waals surface area contributed by atoms with E-state index < -0.39 is 0 Å². The summed E-state index contributed by atoms with van der Waals surface area (Å²) in [6, 6.07) is 8.05. The predicted molar refractivity (Wildman–Crippen MR) is 88.9 cm³/mol. The number of rotatable bonds is 7. The Morgan fingerprint density at radius 1 is 1.41 bits per heavy atom. The van der Waals surface area contributed by atoms with Gasteiger partial charge < -0.3 is 15.8 Å². The summed E-state index contributed by atoms with van der Waals surface area (Å²) in [6.07, 6.45) is 6.68. The maximum atomic E-state index is 5.58. The van der Waals surface area contributed by atoms with Crippen LogP contribution in [-0.4, -0.2) is 30.0 Å². The number of nitrogens with zero attached hydrogens (tertiary/aromatic N) is 2. The molecule has 22 heavy (non-hydrogen) atoms. The van der Waals surface area contributed by atoms with Crippen LogP contribution in [0.15, 0.2) is 30.5 Å². The van der Waals surface area contributed by atoms with Crippen molar-refractivity contribution in [3.05, 3.63) is 36.2 Å². The summed E-state index contributed by atoms with van der Waals surface area (Å²) < 4.78 is 7.39. The fourth-order valence-electron chi connectivity index (χ4n) is 2.84. The molecule has 5 heteroatoms. The number of nitrogens with two attached hydrogens (primary N) is 1. The van der Waals surface area contributed by atoms with Crippen LogP contribution in [0.5, 0.6) is 5.75 Å². The molecule has 0 bridgehead atoms. The van der Waals surface area contributed by atoms with Crippen molar-refractivity contribution in [3.63, 3.8) is 0 Å². The van der Waals surface area contributed by atoms with Crippen LogP contribution in [0, 0.1) is 0 Å². The largest absolute Gasteiger partial charge is 0.497 e. The topological polar surface area (TPSA) is 65.1 Å². The van der Waals surface area contributed by atoms with Gasteiger partial charge in [-0.1, -0.05) is 12.5 Å². The number of nitrogens with one attached hydrogen (secondary N) is 1. The molecule has 5 nitrogen and oxygen atoms in total. The van der Waals surface area contributed by atoms with Crippen molar-refractivity contribution in [3.8, 4) is 11.4 Å². The van der Waals surface area contributed by atoms with Crippen molar-refractivity contribution in [2.75, 3.05) is 25.5 Å². The lowest BCUT2D eigenvalue weighted by atomic mass is 9.82. The Morgan fingerprint density at radius 2 is 2.27 bits per heavy atom. The molecule has 0 amide bonds. The van der Waals surface area contributed by atoms with Crippen LogP contribution >= 0.6 is 0 Å². The Balaban J connectivity index is 1.92. The third kappa shape index (κ3) is 2.95. The first-order valence-corrected chi connectivity index (χ1v) is 7.99. The molecule has 1 aliphatic rings. The highest BCUT2D eigenvalue weighted by atomic mass is 16.5. The molecule has 1 heterocycles. The van der Waals surface area contributed by atoms with Gasteiger partial charge in [-0.2, -0.15) is 5.10 Å². The van der Waals surface area contributed by atoms with Crippen molar-refractivity contribution in [2.24, 2.45) is 5.73 Å². The van der Waals surface area contributed by atoms with Gasteiger partial charge in [-0.3, -0.25) is 0 Å². The van der Waals surface area contributed by atoms with Crippen molar-refractivity contribution >= 4 is 5.69 Å². The smallest absolute Gasteiger partial charge is 0.121 e. The van der Waals surface area contributed by atoms with E-state index in [4.69, 9.17) is 10.5 Å². The molecule has 3 N–H and O–H groups in total. The molecule has 1 aliphatic carbocycles.